The van der Waals surface area contributed by atoms with E-state index in [9.17, 15) is 30.1 Å². The van der Waals surface area contributed by atoms with E-state index in [0.717, 1.165) is 0 Å². The van der Waals surface area contributed by atoms with E-state index in [2.05, 4.69) is 0 Å². The molecule has 18 heavy (non-hydrogen) atoms. The molecule has 0 fully saturated rings. The van der Waals surface area contributed by atoms with Gasteiger partial charge in [-0.1, -0.05) is 0 Å². The molecule has 10 nitrogen and oxygen atoms in total. The Balaban J connectivity index is 0. The van der Waals surface area contributed by atoms with E-state index >= 15 is 0 Å². The SMILES string of the molecule is O.O=C(O)c1cc([N+](=O)[O-])cc([N+](=O)[O-])c1[O-].[Na+]. The first-order valence-corrected chi connectivity index (χ1v) is 3.71. The van der Waals surface area contributed by atoms with Crippen LogP contribution >= 0.6 is 0 Å². The average Bonchev–Trinajstić information content (AvgIpc) is 2.16. The summed E-state index contributed by atoms with van der Waals surface area (Å²) in [4.78, 5) is 29.1. The number of nitro groups is 2. The second-order valence-corrected chi connectivity index (χ2v) is 2.66. The van der Waals surface area contributed by atoms with E-state index in [4.69, 9.17) is 5.11 Å². The maximum Gasteiger partial charge on any atom is 1.00 e. The van der Waals surface area contributed by atoms with Gasteiger partial charge in [0.2, 0.25) is 0 Å². The Bertz CT molecular complexity index is 467. The van der Waals surface area contributed by atoms with Crippen molar-refractivity contribution in [3.63, 3.8) is 0 Å². The van der Waals surface area contributed by atoms with Gasteiger partial charge in [-0.3, -0.25) is 20.2 Å². The van der Waals surface area contributed by atoms with Gasteiger partial charge in [0.15, 0.2) is 0 Å². The molecule has 1 aromatic carbocycles. The van der Waals surface area contributed by atoms with Crippen LogP contribution in [0.1, 0.15) is 10.4 Å². The molecule has 0 saturated heterocycles. The van der Waals surface area contributed by atoms with E-state index in [1.54, 1.807) is 0 Å². The summed E-state index contributed by atoms with van der Waals surface area (Å²) in [6, 6.07) is 0.909. The van der Waals surface area contributed by atoms with Gasteiger partial charge in [0.05, 0.1) is 21.5 Å². The third-order valence-electron chi connectivity index (χ3n) is 1.69. The zero-order valence-electron chi connectivity index (χ0n) is 8.95. The molecule has 0 aliphatic carbocycles. The molecule has 1 aromatic rings. The van der Waals surface area contributed by atoms with E-state index in [-0.39, 0.29) is 35.0 Å². The standard InChI is InChI=1S/C7H4N2O7.Na.H2O/c10-6-4(7(11)12)1-3(8(13)14)2-5(6)9(15)16;;/h1-2,10H,(H,11,12);;1H2/q;+1;/p-1. The number of nitro benzene ring substituents is 2. The number of hydrogen-bond donors (Lipinski definition) is 1. The minimum atomic E-state index is -1.75. The Morgan fingerprint density at radius 1 is 1.17 bits per heavy atom. The van der Waals surface area contributed by atoms with Crippen molar-refractivity contribution in [3.8, 4) is 5.75 Å². The average molecular weight is 268 g/mol. The van der Waals surface area contributed by atoms with E-state index < -0.39 is 38.5 Å². The molecule has 3 N–H and O–H groups in total. The zero-order chi connectivity index (χ0) is 12.5. The second kappa shape index (κ2) is 6.86. The van der Waals surface area contributed by atoms with Gasteiger partial charge in [-0.2, -0.15) is 0 Å². The molecule has 0 aliphatic rings. The Hall–Kier alpha value is -1.75. The van der Waals surface area contributed by atoms with Gasteiger partial charge in [-0.15, -0.1) is 0 Å². The largest absolute Gasteiger partial charge is 1.00 e. The summed E-state index contributed by atoms with van der Waals surface area (Å²) in [6.07, 6.45) is 0. The number of carboxylic acid groups (broad SMARTS) is 1. The van der Waals surface area contributed by atoms with Gasteiger partial charge in [0, 0.05) is 6.07 Å². The van der Waals surface area contributed by atoms with Crippen LogP contribution in [0.2, 0.25) is 0 Å². The summed E-state index contributed by atoms with van der Waals surface area (Å²) in [5.74, 6) is -3.11. The number of nitrogens with zero attached hydrogens (tertiary/aromatic N) is 2. The Morgan fingerprint density at radius 2 is 1.67 bits per heavy atom. The number of carbonyl (C=O) groups is 1. The van der Waals surface area contributed by atoms with Crippen LogP contribution in [-0.4, -0.2) is 26.4 Å². The van der Waals surface area contributed by atoms with Crippen LogP contribution in [0.3, 0.4) is 0 Å². The first kappa shape index (κ1) is 18.6. The molecule has 0 heterocycles. The number of aromatic carboxylic acids is 1. The first-order chi connectivity index (χ1) is 7.34. The quantitative estimate of drug-likeness (QED) is 0.334. The number of non-ortho nitro benzene ring substituents is 1. The van der Waals surface area contributed by atoms with E-state index in [1.807, 2.05) is 0 Å². The Morgan fingerprint density at radius 3 is 2.00 bits per heavy atom. The maximum absolute atomic E-state index is 11.2. The molecule has 0 saturated carbocycles. The molecule has 0 amide bonds. The minimum absolute atomic E-state index is 0. The van der Waals surface area contributed by atoms with Gasteiger partial charge < -0.3 is 15.7 Å². The van der Waals surface area contributed by atoms with Gasteiger partial charge in [0.1, 0.15) is 0 Å². The van der Waals surface area contributed by atoms with Crippen molar-refractivity contribution >= 4 is 17.3 Å². The van der Waals surface area contributed by atoms with Crippen molar-refractivity contribution in [1.29, 1.82) is 0 Å². The third kappa shape index (κ3) is 3.63. The van der Waals surface area contributed by atoms with Crippen LogP contribution in [0, 0.1) is 20.2 Å². The van der Waals surface area contributed by atoms with Crippen LogP contribution in [-0.2, 0) is 0 Å². The van der Waals surface area contributed by atoms with Crippen LogP contribution in [0.15, 0.2) is 12.1 Å². The molecule has 92 valence electrons. The first-order valence-electron chi connectivity index (χ1n) is 3.71. The number of carboxylic acids is 1. The predicted molar refractivity (Wildman–Crippen MR) is 49.8 cm³/mol. The topological polar surface area (TPSA) is 178 Å². The van der Waals surface area contributed by atoms with Crippen molar-refractivity contribution in [2.45, 2.75) is 0 Å². The molecule has 0 atom stereocenters. The van der Waals surface area contributed by atoms with Crippen LogP contribution < -0.4 is 34.7 Å². The van der Waals surface area contributed by atoms with Crippen molar-refractivity contribution in [2.24, 2.45) is 0 Å². The normalized spacial score (nSPS) is 8.67. The Labute approximate surface area is 121 Å². The number of rotatable bonds is 3. The predicted octanol–water partition coefficient (Wildman–Crippen LogP) is -3.55. The molecular formula is C7H5N2NaO8. The van der Waals surface area contributed by atoms with Crippen molar-refractivity contribution < 1.29 is 59.9 Å². The summed E-state index contributed by atoms with van der Waals surface area (Å²) in [5, 5.41) is 40.4. The molecule has 1 rings (SSSR count). The molecular weight excluding hydrogens is 263 g/mol. The van der Waals surface area contributed by atoms with Crippen LogP contribution in [0.4, 0.5) is 11.4 Å². The monoisotopic (exact) mass is 268 g/mol. The van der Waals surface area contributed by atoms with Gasteiger partial charge in [-0.05, 0) is 5.75 Å². The van der Waals surface area contributed by atoms with Crippen molar-refractivity contribution in [1.82, 2.24) is 0 Å². The molecule has 0 unspecified atom stereocenters. The van der Waals surface area contributed by atoms with Gasteiger partial charge in [0.25, 0.3) is 11.4 Å². The fourth-order valence-corrected chi connectivity index (χ4v) is 0.999. The molecule has 0 radical (unpaired) electrons. The molecule has 11 heteroatoms. The number of hydrogen-bond acceptors (Lipinski definition) is 6. The van der Waals surface area contributed by atoms with Gasteiger partial charge in [-0.25, -0.2) is 4.79 Å². The molecule has 0 spiro atoms. The van der Waals surface area contributed by atoms with E-state index in [0.29, 0.717) is 12.1 Å². The van der Waals surface area contributed by atoms with Crippen molar-refractivity contribution in [2.75, 3.05) is 0 Å². The van der Waals surface area contributed by atoms with Crippen molar-refractivity contribution in [3.05, 3.63) is 37.9 Å². The summed E-state index contributed by atoms with van der Waals surface area (Å²) >= 11 is 0. The summed E-state index contributed by atoms with van der Waals surface area (Å²) < 4.78 is 0. The smallest absolute Gasteiger partial charge is 0.867 e. The fourth-order valence-electron chi connectivity index (χ4n) is 0.999. The number of benzene rings is 1. The second-order valence-electron chi connectivity index (χ2n) is 2.66. The molecule has 0 bridgehead atoms. The van der Waals surface area contributed by atoms with Gasteiger partial charge >= 0.3 is 35.5 Å². The minimum Gasteiger partial charge on any atom is -0.867 e. The van der Waals surface area contributed by atoms with Crippen LogP contribution in [0.25, 0.3) is 0 Å². The van der Waals surface area contributed by atoms with Crippen LogP contribution in [0.5, 0.6) is 5.75 Å². The third-order valence-corrected chi connectivity index (χ3v) is 1.69. The molecule has 0 aliphatic heterocycles. The maximum atomic E-state index is 11.2. The summed E-state index contributed by atoms with van der Waals surface area (Å²) in [6.45, 7) is 0. The molecule has 0 aromatic heterocycles. The van der Waals surface area contributed by atoms with E-state index in [1.165, 1.54) is 0 Å². The summed E-state index contributed by atoms with van der Waals surface area (Å²) in [5.41, 5.74) is -2.95. The zero-order valence-corrected chi connectivity index (χ0v) is 10.9. The fraction of sp³-hybridized carbons (Fsp3) is 0. The summed E-state index contributed by atoms with van der Waals surface area (Å²) in [7, 11) is 0. The Kier molecular flexibility index (Phi) is 7.09.